The van der Waals surface area contributed by atoms with Crippen LogP contribution in [0.25, 0.3) is 6.08 Å². The summed E-state index contributed by atoms with van der Waals surface area (Å²) >= 11 is 1.52. The van der Waals surface area contributed by atoms with Gasteiger partial charge in [-0.05, 0) is 72.0 Å². The molecule has 2 fully saturated rings. The van der Waals surface area contributed by atoms with Crippen LogP contribution in [-0.4, -0.2) is 73.4 Å². The smallest absolute Gasteiger partial charge is 0.411 e. The Bertz CT molecular complexity index is 1190. The molecule has 7 atom stereocenters. The molecule has 3 rings (SSSR count). The van der Waals surface area contributed by atoms with E-state index in [1.165, 1.54) is 11.3 Å². The lowest BCUT2D eigenvalue weighted by atomic mass is 9.73. The molecule has 0 bridgehead atoms. The van der Waals surface area contributed by atoms with E-state index in [0.717, 1.165) is 22.7 Å². The second-order valence-corrected chi connectivity index (χ2v) is 15.1. The third kappa shape index (κ3) is 7.80. The van der Waals surface area contributed by atoms with Gasteiger partial charge in [0, 0.05) is 17.7 Å². The SMILES string of the molecule is C/C(=C\c1csc(C)n1)[C@@H]1CC2N(C(=O)OC(C)(C)C)[C@]2(C)CCC[C@H](C)[C@H](O)[C@@H](C)C(=O)C(C)(C)[C@@H](O)CC(=O)O1. The summed E-state index contributed by atoms with van der Waals surface area (Å²) in [5.74, 6) is -1.85. The highest BCUT2D eigenvalue weighted by atomic mass is 32.1. The fraction of sp³-hybridized carbons (Fsp3) is 0.750. The van der Waals surface area contributed by atoms with E-state index in [1.54, 1.807) is 25.7 Å². The van der Waals surface area contributed by atoms with Crippen molar-refractivity contribution in [3.05, 3.63) is 21.7 Å². The predicted octanol–water partition coefficient (Wildman–Crippen LogP) is 5.70. The molecule has 1 aromatic heterocycles. The lowest BCUT2D eigenvalue weighted by molar-refractivity contribution is -0.154. The summed E-state index contributed by atoms with van der Waals surface area (Å²) in [6, 6.07) is -0.249. The molecule has 2 saturated heterocycles. The highest BCUT2D eigenvalue weighted by Crippen LogP contribution is 2.49. The Labute approximate surface area is 254 Å². The summed E-state index contributed by atoms with van der Waals surface area (Å²) < 4.78 is 11.7. The van der Waals surface area contributed by atoms with Crippen molar-refractivity contribution in [3.8, 4) is 0 Å². The molecule has 0 spiro atoms. The minimum absolute atomic E-state index is 0.176. The van der Waals surface area contributed by atoms with E-state index in [9.17, 15) is 24.6 Å². The Morgan fingerprint density at radius 2 is 1.86 bits per heavy atom. The summed E-state index contributed by atoms with van der Waals surface area (Å²) in [5, 5.41) is 24.9. The summed E-state index contributed by atoms with van der Waals surface area (Å²) in [5.41, 5.74) is -0.946. The Morgan fingerprint density at radius 1 is 1.21 bits per heavy atom. The number of nitrogens with zero attached hydrogens (tertiary/aromatic N) is 2. The van der Waals surface area contributed by atoms with E-state index in [2.05, 4.69) is 4.98 Å². The molecule has 9 nitrogen and oxygen atoms in total. The van der Waals surface area contributed by atoms with Crippen LogP contribution in [0.2, 0.25) is 0 Å². The number of hydrogen-bond donors (Lipinski definition) is 2. The molecule has 0 saturated carbocycles. The number of fused-ring (bicyclic) bond motifs is 1. The van der Waals surface area contributed by atoms with Crippen LogP contribution in [0, 0.1) is 24.2 Å². The largest absolute Gasteiger partial charge is 0.458 e. The number of cyclic esters (lactones) is 1. The lowest BCUT2D eigenvalue weighted by Gasteiger charge is -2.34. The van der Waals surface area contributed by atoms with E-state index in [4.69, 9.17) is 9.47 Å². The fourth-order valence-electron chi connectivity index (χ4n) is 6.07. The molecule has 1 unspecified atom stereocenters. The first kappa shape index (κ1) is 34.2. The second kappa shape index (κ2) is 12.7. The van der Waals surface area contributed by atoms with Crippen LogP contribution in [0.3, 0.4) is 0 Å². The molecule has 10 heteroatoms. The van der Waals surface area contributed by atoms with E-state index in [1.807, 2.05) is 59.9 Å². The molecule has 2 aliphatic heterocycles. The summed E-state index contributed by atoms with van der Waals surface area (Å²) in [6.07, 6.45) is 0.581. The number of ether oxygens (including phenoxy) is 2. The normalized spacial score (nSPS) is 33.5. The number of carbonyl (C=O) groups excluding carboxylic acids is 3. The van der Waals surface area contributed by atoms with Crippen LogP contribution in [0.1, 0.15) is 105 Å². The molecule has 0 aliphatic carbocycles. The Balaban J connectivity index is 1.99. The van der Waals surface area contributed by atoms with Crippen molar-refractivity contribution in [1.29, 1.82) is 0 Å². The third-order valence-electron chi connectivity index (χ3n) is 9.01. The minimum atomic E-state index is -1.30. The monoisotopic (exact) mass is 606 g/mol. The van der Waals surface area contributed by atoms with E-state index >= 15 is 0 Å². The van der Waals surface area contributed by atoms with Crippen molar-refractivity contribution in [3.63, 3.8) is 0 Å². The number of rotatable bonds is 2. The Kier molecular flexibility index (Phi) is 10.4. The first-order valence-electron chi connectivity index (χ1n) is 15.0. The third-order valence-corrected chi connectivity index (χ3v) is 9.80. The van der Waals surface area contributed by atoms with Gasteiger partial charge in [-0.15, -0.1) is 11.3 Å². The Morgan fingerprint density at radius 3 is 2.43 bits per heavy atom. The lowest BCUT2D eigenvalue weighted by Crippen LogP contribution is -2.45. The number of aromatic nitrogens is 1. The highest BCUT2D eigenvalue weighted by molar-refractivity contribution is 7.09. The molecular formula is C32H50N2O7S. The fourth-order valence-corrected chi connectivity index (χ4v) is 6.64. The number of thiazole rings is 1. The van der Waals surface area contributed by atoms with Crippen LogP contribution < -0.4 is 0 Å². The zero-order chi connectivity index (χ0) is 31.8. The van der Waals surface area contributed by atoms with Gasteiger partial charge < -0.3 is 19.7 Å². The van der Waals surface area contributed by atoms with E-state index < -0.39 is 52.8 Å². The average molecular weight is 607 g/mol. The van der Waals surface area contributed by atoms with Crippen molar-refractivity contribution < 1.29 is 34.1 Å². The van der Waals surface area contributed by atoms with Gasteiger partial charge in [-0.3, -0.25) is 14.5 Å². The van der Waals surface area contributed by atoms with Crippen LogP contribution in [0.5, 0.6) is 0 Å². The van der Waals surface area contributed by atoms with E-state index in [0.29, 0.717) is 19.3 Å². The van der Waals surface area contributed by atoms with Gasteiger partial charge in [-0.25, -0.2) is 9.78 Å². The number of Topliss-reactive ketones (excluding diaryl/α,β-unsaturated/α-hetero) is 1. The first-order chi connectivity index (χ1) is 19.3. The molecule has 3 heterocycles. The van der Waals surface area contributed by atoms with Crippen LogP contribution >= 0.6 is 11.3 Å². The summed E-state index contributed by atoms with van der Waals surface area (Å²) in [7, 11) is 0. The predicted molar refractivity (Wildman–Crippen MR) is 163 cm³/mol. The maximum Gasteiger partial charge on any atom is 0.411 e. The zero-order valence-electron chi connectivity index (χ0n) is 26.9. The number of amides is 1. The van der Waals surface area contributed by atoms with Gasteiger partial charge in [0.05, 0.1) is 46.3 Å². The molecule has 2 aliphatic rings. The number of esters is 1. The minimum Gasteiger partial charge on any atom is -0.458 e. The van der Waals surface area contributed by atoms with Crippen molar-refractivity contribution in [2.24, 2.45) is 17.3 Å². The van der Waals surface area contributed by atoms with Gasteiger partial charge in [0.25, 0.3) is 0 Å². The number of ketones is 1. The van der Waals surface area contributed by atoms with Crippen molar-refractivity contribution in [2.45, 2.75) is 137 Å². The molecule has 1 amide bonds. The van der Waals surface area contributed by atoms with Gasteiger partial charge in [0.15, 0.2) is 0 Å². The first-order valence-corrected chi connectivity index (χ1v) is 15.9. The van der Waals surface area contributed by atoms with Crippen molar-refractivity contribution in [2.75, 3.05) is 0 Å². The molecule has 42 heavy (non-hydrogen) atoms. The molecular weight excluding hydrogens is 556 g/mol. The zero-order valence-corrected chi connectivity index (χ0v) is 27.7. The second-order valence-electron chi connectivity index (χ2n) is 14.1. The quantitative estimate of drug-likeness (QED) is 0.325. The maximum atomic E-state index is 13.4. The van der Waals surface area contributed by atoms with Gasteiger partial charge in [-0.2, -0.15) is 0 Å². The highest BCUT2D eigenvalue weighted by Gasteiger charge is 2.63. The molecule has 1 aromatic rings. The summed E-state index contributed by atoms with van der Waals surface area (Å²) in [4.78, 5) is 46.3. The van der Waals surface area contributed by atoms with Crippen LogP contribution in [-0.2, 0) is 19.1 Å². The Hall–Kier alpha value is -2.30. The number of aliphatic hydroxyl groups is 2. The van der Waals surface area contributed by atoms with Gasteiger partial charge in [0.2, 0.25) is 0 Å². The van der Waals surface area contributed by atoms with Gasteiger partial charge in [0.1, 0.15) is 17.5 Å². The van der Waals surface area contributed by atoms with E-state index in [-0.39, 0.29) is 24.2 Å². The van der Waals surface area contributed by atoms with Crippen molar-refractivity contribution in [1.82, 2.24) is 9.88 Å². The molecule has 0 radical (unpaired) electrons. The number of hydrogen-bond acceptors (Lipinski definition) is 9. The summed E-state index contributed by atoms with van der Waals surface area (Å²) in [6.45, 7) is 18.1. The maximum absolute atomic E-state index is 13.4. The number of aliphatic hydroxyl groups excluding tert-OH is 2. The topological polar surface area (TPSA) is 126 Å². The number of aryl methyl sites for hydroxylation is 1. The molecule has 2 N–H and O–H groups in total. The molecule has 236 valence electrons. The van der Waals surface area contributed by atoms with Gasteiger partial charge in [-0.1, -0.05) is 34.1 Å². The standard InChI is InChI=1S/C32H50N2O7S/c1-18-12-11-13-32(10)24(34(32)29(39)41-30(5,6)7)15-23(19(2)14-22-17-42-21(4)33-22)40-26(36)16-25(35)31(8,9)28(38)20(3)27(18)37/h14,17-18,20,23-25,27,35,37H,11-13,15-16H2,1-10H3/b19-14+/t18-,20+,23-,24?,25-,27-,32+,34?/m0/s1. The van der Waals surface area contributed by atoms with Gasteiger partial charge >= 0.3 is 12.1 Å². The molecule has 0 aromatic carbocycles. The van der Waals surface area contributed by atoms with Crippen molar-refractivity contribution >= 4 is 35.3 Å². The number of carbonyl (C=O) groups is 3. The van der Waals surface area contributed by atoms with Crippen LogP contribution in [0.15, 0.2) is 11.0 Å². The van der Waals surface area contributed by atoms with Crippen LogP contribution in [0.4, 0.5) is 4.79 Å². The average Bonchev–Trinajstić information content (AvgIpc) is 3.21.